The standard InChI is InChI=1S/C10H12BrN3O6S/c11-7-1-2-8(14(16)17)9(5-7)21(18,19)13-3-4-20-6-10(12)15/h1-2,5,13H,3-4,6H2,(H2,12,15). The number of amides is 1. The average molecular weight is 382 g/mol. The molecule has 0 unspecified atom stereocenters. The van der Waals surface area contributed by atoms with Crippen LogP contribution in [0, 0.1) is 10.1 Å². The molecule has 0 aliphatic rings. The van der Waals surface area contributed by atoms with Crippen molar-refractivity contribution >= 4 is 37.5 Å². The van der Waals surface area contributed by atoms with Gasteiger partial charge in [-0.25, -0.2) is 13.1 Å². The van der Waals surface area contributed by atoms with Crippen molar-refractivity contribution in [3.05, 3.63) is 32.8 Å². The monoisotopic (exact) mass is 381 g/mol. The van der Waals surface area contributed by atoms with Gasteiger partial charge in [-0.3, -0.25) is 14.9 Å². The van der Waals surface area contributed by atoms with Crippen molar-refractivity contribution in [2.24, 2.45) is 5.73 Å². The molecule has 0 aliphatic carbocycles. The van der Waals surface area contributed by atoms with E-state index in [9.17, 15) is 23.3 Å². The van der Waals surface area contributed by atoms with Crippen molar-refractivity contribution in [3.8, 4) is 0 Å². The van der Waals surface area contributed by atoms with E-state index in [1.807, 2.05) is 0 Å². The number of nitro benzene ring substituents is 1. The number of carbonyl (C=O) groups excluding carboxylic acids is 1. The Morgan fingerprint density at radius 2 is 2.14 bits per heavy atom. The summed E-state index contributed by atoms with van der Waals surface area (Å²) in [5.41, 5.74) is 4.30. The highest BCUT2D eigenvalue weighted by atomic mass is 79.9. The number of hydrogen-bond donors (Lipinski definition) is 2. The number of hydrogen-bond acceptors (Lipinski definition) is 6. The number of halogens is 1. The summed E-state index contributed by atoms with van der Waals surface area (Å²) in [5.74, 6) is -0.680. The topological polar surface area (TPSA) is 142 Å². The highest BCUT2D eigenvalue weighted by molar-refractivity contribution is 9.10. The molecule has 1 aromatic rings. The lowest BCUT2D eigenvalue weighted by Gasteiger charge is -2.08. The third-order valence-electron chi connectivity index (χ3n) is 2.19. The van der Waals surface area contributed by atoms with E-state index < -0.39 is 31.4 Å². The number of primary amides is 1. The van der Waals surface area contributed by atoms with E-state index in [1.165, 1.54) is 6.07 Å². The van der Waals surface area contributed by atoms with Gasteiger partial charge < -0.3 is 10.5 Å². The van der Waals surface area contributed by atoms with Crippen LogP contribution in [0.25, 0.3) is 0 Å². The zero-order valence-corrected chi connectivity index (χ0v) is 13.0. The van der Waals surface area contributed by atoms with Crippen LogP contribution in [0.2, 0.25) is 0 Å². The summed E-state index contributed by atoms with van der Waals surface area (Å²) < 4.78 is 31.4. The lowest BCUT2D eigenvalue weighted by molar-refractivity contribution is -0.387. The van der Waals surface area contributed by atoms with Gasteiger partial charge in [0.25, 0.3) is 5.69 Å². The molecule has 1 amide bonds. The van der Waals surface area contributed by atoms with Crippen LogP contribution in [0.15, 0.2) is 27.6 Å². The molecule has 0 aliphatic heterocycles. The van der Waals surface area contributed by atoms with Crippen molar-refractivity contribution in [3.63, 3.8) is 0 Å². The molecule has 9 nitrogen and oxygen atoms in total. The molecule has 0 heterocycles. The second kappa shape index (κ2) is 7.45. The molecule has 11 heteroatoms. The highest BCUT2D eigenvalue weighted by Gasteiger charge is 2.25. The van der Waals surface area contributed by atoms with Crippen LogP contribution < -0.4 is 10.5 Å². The van der Waals surface area contributed by atoms with Gasteiger partial charge in [-0.2, -0.15) is 0 Å². The van der Waals surface area contributed by atoms with Crippen LogP contribution in [-0.4, -0.2) is 39.0 Å². The predicted octanol–water partition coefficient (Wildman–Crippen LogP) is 0.138. The highest BCUT2D eigenvalue weighted by Crippen LogP contribution is 2.26. The minimum absolute atomic E-state index is 0.0933. The zero-order valence-electron chi connectivity index (χ0n) is 10.6. The average Bonchev–Trinajstić information content (AvgIpc) is 2.37. The third kappa shape index (κ3) is 5.38. The van der Waals surface area contributed by atoms with Gasteiger partial charge >= 0.3 is 0 Å². The first-order valence-corrected chi connectivity index (χ1v) is 7.81. The maximum absolute atomic E-state index is 12.0. The normalized spacial score (nSPS) is 11.3. The second-order valence-electron chi connectivity index (χ2n) is 3.79. The first-order chi connectivity index (χ1) is 9.74. The van der Waals surface area contributed by atoms with E-state index in [2.05, 4.69) is 20.7 Å². The van der Waals surface area contributed by atoms with Crippen LogP contribution in [0.5, 0.6) is 0 Å². The molecule has 0 aromatic heterocycles. The van der Waals surface area contributed by atoms with Gasteiger partial charge in [-0.15, -0.1) is 0 Å². The summed E-state index contributed by atoms with van der Waals surface area (Å²) >= 11 is 3.06. The number of nitro groups is 1. The molecule has 0 bridgehead atoms. The van der Waals surface area contributed by atoms with Crippen molar-refractivity contribution < 1.29 is 22.9 Å². The lowest BCUT2D eigenvalue weighted by Crippen LogP contribution is -2.29. The van der Waals surface area contributed by atoms with E-state index in [1.54, 1.807) is 0 Å². The maximum Gasteiger partial charge on any atom is 0.289 e. The first kappa shape index (κ1) is 17.5. The molecular weight excluding hydrogens is 370 g/mol. The fourth-order valence-corrected chi connectivity index (χ4v) is 3.07. The van der Waals surface area contributed by atoms with Crippen molar-refractivity contribution in [1.29, 1.82) is 0 Å². The van der Waals surface area contributed by atoms with Gasteiger partial charge in [0, 0.05) is 17.1 Å². The number of ether oxygens (including phenoxy) is 1. The van der Waals surface area contributed by atoms with Crippen molar-refractivity contribution in [2.75, 3.05) is 19.8 Å². The van der Waals surface area contributed by atoms with Crippen LogP contribution in [0.3, 0.4) is 0 Å². The Labute approximate surface area is 128 Å². The Morgan fingerprint density at radius 3 is 2.71 bits per heavy atom. The van der Waals surface area contributed by atoms with Crippen LogP contribution in [0.1, 0.15) is 0 Å². The number of sulfonamides is 1. The summed E-state index contributed by atoms with van der Waals surface area (Å²) in [6, 6.07) is 3.58. The largest absolute Gasteiger partial charge is 0.370 e. The molecule has 0 saturated carbocycles. The molecule has 1 aromatic carbocycles. The number of rotatable bonds is 8. The Morgan fingerprint density at radius 1 is 1.48 bits per heavy atom. The molecule has 0 spiro atoms. The van der Waals surface area contributed by atoms with E-state index in [0.29, 0.717) is 4.47 Å². The number of nitrogens with two attached hydrogens (primary N) is 1. The zero-order chi connectivity index (χ0) is 16.0. The van der Waals surface area contributed by atoms with Gasteiger partial charge in [0.15, 0.2) is 4.90 Å². The fourth-order valence-electron chi connectivity index (χ4n) is 1.35. The van der Waals surface area contributed by atoms with Gasteiger partial charge in [0.2, 0.25) is 15.9 Å². The Kier molecular flexibility index (Phi) is 6.20. The first-order valence-electron chi connectivity index (χ1n) is 5.53. The number of benzene rings is 1. The molecule has 1 rings (SSSR count). The Bertz CT molecular complexity index is 648. The summed E-state index contributed by atoms with van der Waals surface area (Å²) in [4.78, 5) is 20.0. The Hall–Kier alpha value is -1.56. The smallest absolute Gasteiger partial charge is 0.289 e. The SMILES string of the molecule is NC(=O)COCCNS(=O)(=O)c1cc(Br)ccc1[N+](=O)[O-]. The van der Waals surface area contributed by atoms with E-state index >= 15 is 0 Å². The lowest BCUT2D eigenvalue weighted by atomic mass is 10.3. The van der Waals surface area contributed by atoms with Crippen LogP contribution in [0.4, 0.5) is 5.69 Å². The minimum atomic E-state index is -4.08. The summed E-state index contributed by atoms with van der Waals surface area (Å²) in [6.07, 6.45) is 0. The van der Waals surface area contributed by atoms with Gasteiger partial charge in [-0.05, 0) is 12.1 Å². The summed E-state index contributed by atoms with van der Waals surface area (Å²) in [7, 11) is -4.08. The second-order valence-corrected chi connectivity index (χ2v) is 6.44. The van der Waals surface area contributed by atoms with E-state index in [-0.39, 0.29) is 19.8 Å². The van der Waals surface area contributed by atoms with Crippen molar-refractivity contribution in [1.82, 2.24) is 4.72 Å². The number of nitrogens with one attached hydrogen (secondary N) is 1. The summed E-state index contributed by atoms with van der Waals surface area (Å²) in [6.45, 7) is -0.581. The van der Waals surface area contributed by atoms with Crippen LogP contribution in [-0.2, 0) is 19.6 Å². The van der Waals surface area contributed by atoms with Gasteiger partial charge in [0.1, 0.15) is 6.61 Å². The fraction of sp³-hybridized carbons (Fsp3) is 0.300. The molecule has 0 radical (unpaired) electrons. The molecule has 0 atom stereocenters. The number of carbonyl (C=O) groups is 1. The van der Waals surface area contributed by atoms with Crippen molar-refractivity contribution in [2.45, 2.75) is 4.90 Å². The molecule has 21 heavy (non-hydrogen) atoms. The van der Waals surface area contributed by atoms with Gasteiger partial charge in [0.05, 0.1) is 11.5 Å². The molecule has 3 N–H and O–H groups in total. The molecule has 116 valence electrons. The minimum Gasteiger partial charge on any atom is -0.370 e. The van der Waals surface area contributed by atoms with Gasteiger partial charge in [-0.1, -0.05) is 15.9 Å². The quantitative estimate of drug-likeness (QED) is 0.372. The predicted molar refractivity (Wildman–Crippen MR) is 76.0 cm³/mol. The molecule has 0 saturated heterocycles. The van der Waals surface area contributed by atoms with Crippen LogP contribution >= 0.6 is 15.9 Å². The number of nitrogens with zero attached hydrogens (tertiary/aromatic N) is 1. The van der Waals surface area contributed by atoms with E-state index in [4.69, 9.17) is 10.5 Å². The molecular formula is C10H12BrN3O6S. The summed E-state index contributed by atoms with van der Waals surface area (Å²) in [5, 5.41) is 10.9. The Balaban J connectivity index is 2.81. The van der Waals surface area contributed by atoms with E-state index in [0.717, 1.165) is 12.1 Å². The maximum atomic E-state index is 12.0. The third-order valence-corrected chi connectivity index (χ3v) is 4.17. The molecule has 0 fully saturated rings.